The molecule has 108 valence electrons. The van der Waals surface area contributed by atoms with Crippen LogP contribution in [0.15, 0.2) is 6.33 Å². The maximum absolute atomic E-state index is 13.1. The van der Waals surface area contributed by atoms with Gasteiger partial charge in [0.25, 0.3) is 5.92 Å². The molecule has 4 rings (SSSR count). The van der Waals surface area contributed by atoms with Crippen molar-refractivity contribution in [2.24, 2.45) is 0 Å². The van der Waals surface area contributed by atoms with Crippen molar-refractivity contribution in [1.29, 1.82) is 0 Å². The fourth-order valence-electron chi connectivity index (χ4n) is 2.56. The number of aryl methyl sites for hydroxylation is 2. The second kappa shape index (κ2) is 4.03. The fraction of sp³-hybridized carbons (Fsp3) is 0.385. The minimum Gasteiger partial charge on any atom is -0.343 e. The van der Waals surface area contributed by atoms with E-state index in [1.54, 1.807) is 4.90 Å². The molecule has 0 N–H and O–H groups in total. The Balaban J connectivity index is 1.97. The molecule has 1 saturated heterocycles. The van der Waals surface area contributed by atoms with Gasteiger partial charge < -0.3 is 4.90 Å². The highest BCUT2D eigenvalue weighted by Crippen LogP contribution is 2.40. The predicted molar refractivity (Wildman–Crippen MR) is 77.1 cm³/mol. The third-order valence-corrected chi connectivity index (χ3v) is 4.85. The lowest BCUT2D eigenvalue weighted by molar-refractivity contribution is -0.0265. The molecule has 1 fully saturated rings. The quantitative estimate of drug-likeness (QED) is 0.692. The molecule has 21 heavy (non-hydrogen) atoms. The Hall–Kier alpha value is -1.96. The van der Waals surface area contributed by atoms with Gasteiger partial charge in [0.05, 0.1) is 29.0 Å². The summed E-state index contributed by atoms with van der Waals surface area (Å²) in [5.41, 5.74) is 2.63. The normalized spacial score (nSPS) is 17.4. The lowest BCUT2D eigenvalue weighted by atomic mass is 10.1. The summed E-state index contributed by atoms with van der Waals surface area (Å²) >= 11 is 1.40. The molecule has 0 atom stereocenters. The van der Waals surface area contributed by atoms with Gasteiger partial charge in [0, 0.05) is 5.39 Å². The van der Waals surface area contributed by atoms with E-state index >= 15 is 0 Å². The smallest absolute Gasteiger partial charge is 0.282 e. The number of nitrogens with zero attached hydrogens (tertiary/aromatic N) is 5. The van der Waals surface area contributed by atoms with E-state index in [2.05, 4.69) is 20.2 Å². The largest absolute Gasteiger partial charge is 0.343 e. The number of thiophene rings is 1. The molecule has 8 heteroatoms. The van der Waals surface area contributed by atoms with Gasteiger partial charge in [-0.05, 0) is 19.4 Å². The van der Waals surface area contributed by atoms with E-state index in [1.807, 2.05) is 13.8 Å². The van der Waals surface area contributed by atoms with Crippen molar-refractivity contribution in [3.8, 4) is 0 Å². The number of aromatic nitrogens is 4. The summed E-state index contributed by atoms with van der Waals surface area (Å²) in [6, 6.07) is 0. The van der Waals surface area contributed by atoms with Gasteiger partial charge in [-0.1, -0.05) is 0 Å². The van der Waals surface area contributed by atoms with Crippen LogP contribution in [0.3, 0.4) is 0 Å². The Kier molecular flexibility index (Phi) is 2.45. The van der Waals surface area contributed by atoms with E-state index in [0.29, 0.717) is 5.82 Å². The third kappa shape index (κ3) is 1.78. The van der Waals surface area contributed by atoms with E-state index in [0.717, 1.165) is 31.7 Å². The number of hydrogen-bond donors (Lipinski definition) is 0. The molecule has 3 aromatic rings. The van der Waals surface area contributed by atoms with Crippen LogP contribution in [0.5, 0.6) is 0 Å². The lowest BCUT2D eigenvalue weighted by Crippen LogP contribution is -2.56. The molecule has 0 radical (unpaired) electrons. The third-order valence-electron chi connectivity index (χ3n) is 3.79. The Morgan fingerprint density at radius 3 is 2.67 bits per heavy atom. The highest BCUT2D eigenvalue weighted by Gasteiger charge is 2.45. The highest BCUT2D eigenvalue weighted by atomic mass is 32.1. The topological polar surface area (TPSA) is 54.8 Å². The first-order chi connectivity index (χ1) is 9.96. The summed E-state index contributed by atoms with van der Waals surface area (Å²) in [5, 5.41) is 9.24. The summed E-state index contributed by atoms with van der Waals surface area (Å²) in [5.74, 6) is -2.06. The average Bonchev–Trinajstić information content (AvgIpc) is 2.79. The van der Waals surface area contributed by atoms with E-state index in [1.165, 1.54) is 17.7 Å². The van der Waals surface area contributed by atoms with Crippen molar-refractivity contribution in [3.63, 3.8) is 0 Å². The van der Waals surface area contributed by atoms with Crippen molar-refractivity contribution >= 4 is 37.6 Å². The molecule has 0 aromatic carbocycles. The molecule has 0 saturated carbocycles. The summed E-state index contributed by atoms with van der Waals surface area (Å²) in [7, 11) is 0. The second-order valence-electron chi connectivity index (χ2n) is 5.28. The van der Waals surface area contributed by atoms with Crippen molar-refractivity contribution < 1.29 is 8.78 Å². The van der Waals surface area contributed by atoms with Crippen LogP contribution in [0, 0.1) is 13.8 Å². The first-order valence-corrected chi connectivity index (χ1v) is 7.28. The maximum Gasteiger partial charge on any atom is 0.282 e. The molecule has 3 aromatic heterocycles. The zero-order chi connectivity index (χ0) is 14.8. The molecule has 0 amide bonds. The van der Waals surface area contributed by atoms with Crippen molar-refractivity contribution in [2.75, 3.05) is 18.0 Å². The van der Waals surface area contributed by atoms with E-state index < -0.39 is 5.92 Å². The van der Waals surface area contributed by atoms with E-state index in [-0.39, 0.29) is 13.1 Å². The summed E-state index contributed by atoms with van der Waals surface area (Å²) in [6.45, 7) is 3.27. The Bertz CT molecular complexity index is 868. The number of halogens is 2. The first kappa shape index (κ1) is 12.8. The molecule has 4 heterocycles. The molecular formula is C13H11F2N5S. The van der Waals surface area contributed by atoms with Crippen LogP contribution in [0.2, 0.25) is 0 Å². The minimum atomic E-state index is -2.62. The van der Waals surface area contributed by atoms with Crippen LogP contribution in [0.25, 0.3) is 20.4 Å². The van der Waals surface area contributed by atoms with Gasteiger partial charge in [-0.2, -0.15) is 5.10 Å². The molecule has 0 bridgehead atoms. The maximum atomic E-state index is 13.1. The lowest BCUT2D eigenvalue weighted by Gasteiger charge is -2.39. The van der Waals surface area contributed by atoms with Gasteiger partial charge >= 0.3 is 0 Å². The van der Waals surface area contributed by atoms with Crippen molar-refractivity contribution in [1.82, 2.24) is 20.2 Å². The minimum absolute atomic E-state index is 0.295. The number of alkyl halides is 2. The number of hydrogen-bond acceptors (Lipinski definition) is 6. The Labute approximate surface area is 122 Å². The molecule has 0 spiro atoms. The van der Waals surface area contributed by atoms with Gasteiger partial charge in [-0.25, -0.2) is 18.7 Å². The zero-order valence-corrected chi connectivity index (χ0v) is 12.2. The van der Waals surface area contributed by atoms with Gasteiger partial charge in [-0.15, -0.1) is 16.4 Å². The molecule has 5 nitrogen and oxygen atoms in total. The fourth-order valence-corrected chi connectivity index (χ4v) is 3.71. The molecule has 1 aliphatic rings. The standard InChI is InChI=1S/C13H11F2N5S/c1-6-7(2)18-19-12-8(6)9-10(21-12)11(17-5-16-9)20-3-13(14,15)4-20/h5H,3-4H2,1-2H3. The average molecular weight is 307 g/mol. The van der Waals surface area contributed by atoms with Crippen LogP contribution in [0.1, 0.15) is 11.3 Å². The molecule has 1 aliphatic heterocycles. The number of fused-ring (bicyclic) bond motifs is 3. The van der Waals surface area contributed by atoms with Crippen LogP contribution in [-0.4, -0.2) is 39.2 Å². The zero-order valence-electron chi connectivity index (χ0n) is 11.4. The van der Waals surface area contributed by atoms with E-state index in [4.69, 9.17) is 0 Å². The number of rotatable bonds is 1. The van der Waals surface area contributed by atoms with E-state index in [9.17, 15) is 8.78 Å². The Morgan fingerprint density at radius 2 is 1.95 bits per heavy atom. The summed E-state index contributed by atoms with van der Waals surface area (Å²) < 4.78 is 27.0. The second-order valence-corrected chi connectivity index (χ2v) is 6.28. The SMILES string of the molecule is Cc1nnc2sc3c(N4CC(F)(F)C4)ncnc3c2c1C. The van der Waals surface area contributed by atoms with Crippen molar-refractivity contribution in [3.05, 3.63) is 17.6 Å². The van der Waals surface area contributed by atoms with Gasteiger partial charge in [0.1, 0.15) is 11.2 Å². The van der Waals surface area contributed by atoms with Crippen LogP contribution < -0.4 is 4.90 Å². The molecular weight excluding hydrogens is 296 g/mol. The van der Waals surface area contributed by atoms with Gasteiger partial charge in [-0.3, -0.25) is 0 Å². The van der Waals surface area contributed by atoms with Crippen LogP contribution >= 0.6 is 11.3 Å². The monoisotopic (exact) mass is 307 g/mol. The van der Waals surface area contributed by atoms with Gasteiger partial charge in [0.2, 0.25) is 0 Å². The Morgan fingerprint density at radius 1 is 1.19 bits per heavy atom. The summed E-state index contributed by atoms with van der Waals surface area (Å²) in [4.78, 5) is 10.9. The summed E-state index contributed by atoms with van der Waals surface area (Å²) in [6.07, 6.45) is 1.43. The van der Waals surface area contributed by atoms with Crippen LogP contribution in [0.4, 0.5) is 14.6 Å². The highest BCUT2D eigenvalue weighted by molar-refractivity contribution is 7.26. The molecule has 0 unspecified atom stereocenters. The van der Waals surface area contributed by atoms with Crippen LogP contribution in [-0.2, 0) is 0 Å². The predicted octanol–water partition coefficient (Wildman–Crippen LogP) is 2.71. The van der Waals surface area contributed by atoms with Crippen molar-refractivity contribution in [2.45, 2.75) is 19.8 Å². The molecule has 0 aliphatic carbocycles. The van der Waals surface area contributed by atoms with Gasteiger partial charge in [0.15, 0.2) is 5.82 Å². The number of anilines is 1. The first-order valence-electron chi connectivity index (χ1n) is 6.46.